The Morgan fingerprint density at radius 3 is 2.22 bits per heavy atom. The van der Waals surface area contributed by atoms with E-state index in [0.29, 0.717) is 0 Å². The molecule has 2 aliphatic rings. The van der Waals surface area contributed by atoms with Crippen molar-refractivity contribution in [1.29, 1.82) is 0 Å². The van der Waals surface area contributed by atoms with Crippen molar-refractivity contribution in [3.05, 3.63) is 24.3 Å². The van der Waals surface area contributed by atoms with Crippen molar-refractivity contribution in [3.63, 3.8) is 0 Å². The van der Waals surface area contributed by atoms with Gasteiger partial charge in [0, 0.05) is 26.2 Å². The van der Waals surface area contributed by atoms with E-state index in [-0.39, 0.29) is 37.2 Å². The van der Waals surface area contributed by atoms with Crippen LogP contribution in [0.15, 0.2) is 24.3 Å². The summed E-state index contributed by atoms with van der Waals surface area (Å²) in [7, 11) is 0. The van der Waals surface area contributed by atoms with Crippen molar-refractivity contribution >= 4 is 48.6 Å². The summed E-state index contributed by atoms with van der Waals surface area (Å²) in [5, 5.41) is 3.61. The molecule has 4 nitrogen and oxygen atoms in total. The van der Waals surface area contributed by atoms with Crippen molar-refractivity contribution in [2.45, 2.75) is 19.3 Å². The number of halogens is 3. The number of hydrogen-bond donors (Lipinski definition) is 1. The molecule has 7 heteroatoms. The van der Waals surface area contributed by atoms with Crippen LogP contribution in [0.4, 0.5) is 11.4 Å². The van der Waals surface area contributed by atoms with E-state index in [9.17, 15) is 0 Å². The van der Waals surface area contributed by atoms with Crippen LogP contribution in [0, 0.1) is 0 Å². The summed E-state index contributed by atoms with van der Waals surface area (Å²) in [4.78, 5) is 4.93. The number of benzene rings is 1. The SMILES string of the molecule is Cl.Cl.Cl.c1ccc(N2CCCCC2)c(NCN2CCOCC2)c1. The Labute approximate surface area is 158 Å². The predicted octanol–water partition coefficient (Wildman–Crippen LogP) is 3.64. The highest BCUT2D eigenvalue weighted by molar-refractivity contribution is 5.86. The zero-order valence-corrected chi connectivity index (χ0v) is 15.9. The zero-order chi connectivity index (χ0) is 13.6. The molecule has 0 aliphatic carbocycles. The molecule has 0 aromatic heterocycles. The molecule has 2 heterocycles. The first-order valence-corrected chi connectivity index (χ1v) is 7.81. The molecule has 23 heavy (non-hydrogen) atoms. The van der Waals surface area contributed by atoms with Crippen LogP contribution in [0.5, 0.6) is 0 Å². The maximum Gasteiger partial charge on any atom is 0.0680 e. The number of para-hydroxylation sites is 2. The van der Waals surface area contributed by atoms with Gasteiger partial charge in [-0.2, -0.15) is 0 Å². The van der Waals surface area contributed by atoms with Crippen LogP contribution in [-0.4, -0.2) is 51.0 Å². The molecule has 2 saturated heterocycles. The van der Waals surface area contributed by atoms with Gasteiger partial charge in [0.05, 0.1) is 31.3 Å². The quantitative estimate of drug-likeness (QED) is 0.857. The highest BCUT2D eigenvalue weighted by atomic mass is 35.5. The lowest BCUT2D eigenvalue weighted by Crippen LogP contribution is -2.39. The summed E-state index contributed by atoms with van der Waals surface area (Å²) >= 11 is 0. The molecule has 0 spiro atoms. The predicted molar refractivity (Wildman–Crippen MR) is 105 cm³/mol. The van der Waals surface area contributed by atoms with Crippen molar-refractivity contribution in [1.82, 2.24) is 4.90 Å². The summed E-state index contributed by atoms with van der Waals surface area (Å²) in [6.07, 6.45) is 4.01. The van der Waals surface area contributed by atoms with Crippen LogP contribution in [0.3, 0.4) is 0 Å². The van der Waals surface area contributed by atoms with Crippen LogP contribution in [0.2, 0.25) is 0 Å². The minimum Gasteiger partial charge on any atom is -0.379 e. The van der Waals surface area contributed by atoms with Gasteiger partial charge in [-0.05, 0) is 31.4 Å². The smallest absolute Gasteiger partial charge is 0.0680 e. The van der Waals surface area contributed by atoms with Gasteiger partial charge >= 0.3 is 0 Å². The van der Waals surface area contributed by atoms with Crippen molar-refractivity contribution < 1.29 is 4.74 Å². The lowest BCUT2D eigenvalue weighted by atomic mass is 10.1. The molecule has 0 bridgehead atoms. The number of morpholine rings is 1. The highest BCUT2D eigenvalue weighted by Gasteiger charge is 2.15. The Hall–Kier alpha value is -0.390. The van der Waals surface area contributed by atoms with Gasteiger partial charge in [-0.15, -0.1) is 37.2 Å². The lowest BCUT2D eigenvalue weighted by molar-refractivity contribution is 0.0414. The van der Waals surface area contributed by atoms with E-state index in [2.05, 4.69) is 39.4 Å². The van der Waals surface area contributed by atoms with Crippen molar-refractivity contribution in [2.75, 3.05) is 56.3 Å². The highest BCUT2D eigenvalue weighted by Crippen LogP contribution is 2.28. The molecule has 0 radical (unpaired) electrons. The van der Waals surface area contributed by atoms with Crippen LogP contribution < -0.4 is 10.2 Å². The third kappa shape index (κ3) is 6.55. The average molecular weight is 385 g/mol. The minimum absolute atomic E-state index is 0. The van der Waals surface area contributed by atoms with E-state index >= 15 is 0 Å². The van der Waals surface area contributed by atoms with E-state index in [1.807, 2.05) is 0 Å². The number of nitrogens with zero attached hydrogens (tertiary/aromatic N) is 2. The maximum atomic E-state index is 5.39. The Kier molecular flexibility index (Phi) is 11.8. The Morgan fingerprint density at radius 2 is 1.52 bits per heavy atom. The molecule has 0 unspecified atom stereocenters. The van der Waals surface area contributed by atoms with E-state index < -0.39 is 0 Å². The van der Waals surface area contributed by atoms with Crippen LogP contribution in [0.1, 0.15) is 19.3 Å². The van der Waals surface area contributed by atoms with Gasteiger partial charge in [0.2, 0.25) is 0 Å². The Balaban J connectivity index is 0.00000161. The van der Waals surface area contributed by atoms with E-state index in [1.165, 1.54) is 43.7 Å². The Bertz CT molecular complexity index is 425. The molecule has 0 atom stereocenters. The van der Waals surface area contributed by atoms with Gasteiger partial charge in [0.25, 0.3) is 0 Å². The van der Waals surface area contributed by atoms with Gasteiger partial charge in [-0.1, -0.05) is 12.1 Å². The molecular weight excluding hydrogens is 357 g/mol. The number of rotatable bonds is 4. The van der Waals surface area contributed by atoms with Gasteiger partial charge in [-0.25, -0.2) is 0 Å². The van der Waals surface area contributed by atoms with E-state index in [4.69, 9.17) is 4.74 Å². The topological polar surface area (TPSA) is 27.7 Å². The van der Waals surface area contributed by atoms with Gasteiger partial charge in [0.1, 0.15) is 0 Å². The summed E-state index contributed by atoms with van der Waals surface area (Å²) in [6.45, 7) is 7.06. The van der Waals surface area contributed by atoms with Gasteiger partial charge in [0.15, 0.2) is 0 Å². The summed E-state index contributed by atoms with van der Waals surface area (Å²) in [5.74, 6) is 0. The lowest BCUT2D eigenvalue weighted by Gasteiger charge is -2.32. The molecule has 0 saturated carbocycles. The molecule has 2 fully saturated rings. The van der Waals surface area contributed by atoms with Gasteiger partial charge < -0.3 is 15.0 Å². The molecule has 134 valence electrons. The third-order valence-electron chi connectivity index (χ3n) is 4.20. The molecule has 1 N–H and O–H groups in total. The summed E-state index contributed by atoms with van der Waals surface area (Å²) in [5.41, 5.74) is 2.63. The number of hydrogen-bond acceptors (Lipinski definition) is 4. The molecule has 1 aromatic carbocycles. The third-order valence-corrected chi connectivity index (χ3v) is 4.20. The maximum absolute atomic E-state index is 5.39. The van der Waals surface area contributed by atoms with Gasteiger partial charge in [-0.3, -0.25) is 4.90 Å². The number of nitrogens with one attached hydrogen (secondary N) is 1. The second-order valence-electron chi connectivity index (χ2n) is 5.63. The Morgan fingerprint density at radius 1 is 0.870 bits per heavy atom. The molecular formula is C16H28Cl3N3O. The number of anilines is 2. The van der Waals surface area contributed by atoms with Crippen LogP contribution >= 0.6 is 37.2 Å². The fourth-order valence-electron chi connectivity index (χ4n) is 2.99. The van der Waals surface area contributed by atoms with E-state index in [0.717, 1.165) is 33.0 Å². The number of ether oxygens (including phenoxy) is 1. The molecule has 2 aliphatic heterocycles. The minimum atomic E-state index is 0. The average Bonchev–Trinajstić information content (AvgIpc) is 2.55. The van der Waals surface area contributed by atoms with Crippen LogP contribution in [0.25, 0.3) is 0 Å². The second-order valence-corrected chi connectivity index (χ2v) is 5.63. The van der Waals surface area contributed by atoms with Crippen molar-refractivity contribution in [2.24, 2.45) is 0 Å². The fourth-order valence-corrected chi connectivity index (χ4v) is 2.99. The largest absolute Gasteiger partial charge is 0.379 e. The van der Waals surface area contributed by atoms with Crippen LogP contribution in [-0.2, 0) is 4.74 Å². The summed E-state index contributed by atoms with van der Waals surface area (Å²) < 4.78 is 5.39. The first-order chi connectivity index (χ1) is 9.93. The zero-order valence-electron chi connectivity index (χ0n) is 13.4. The monoisotopic (exact) mass is 383 g/mol. The first-order valence-electron chi connectivity index (χ1n) is 7.81. The van der Waals surface area contributed by atoms with Crippen molar-refractivity contribution in [3.8, 4) is 0 Å². The fraction of sp³-hybridized carbons (Fsp3) is 0.625. The van der Waals surface area contributed by atoms with E-state index in [1.54, 1.807) is 0 Å². The first kappa shape index (κ1) is 22.6. The molecule has 3 rings (SSSR count). The summed E-state index contributed by atoms with van der Waals surface area (Å²) in [6, 6.07) is 8.70. The normalized spacial score (nSPS) is 18.2. The second kappa shape index (κ2) is 12.0. The molecule has 0 amide bonds. The molecule has 1 aromatic rings. The standard InChI is InChI=1S/C16H25N3O.3ClH/c1-4-8-19(9-5-1)16-7-3-2-6-15(16)17-14-18-10-12-20-13-11-18;;;/h2-3,6-7,17H,1,4-5,8-14H2;3*1H. The number of piperidine rings is 1.